The number of hydrogen-bond donors (Lipinski definition) is 2. The molecule has 0 saturated heterocycles. The van der Waals surface area contributed by atoms with Crippen molar-refractivity contribution in [3.05, 3.63) is 58.9 Å². The number of nitrogens with zero attached hydrogens (tertiary/aromatic N) is 2. The van der Waals surface area contributed by atoms with Crippen molar-refractivity contribution in [2.24, 2.45) is 0 Å². The molecule has 0 saturated carbocycles. The fraction of sp³-hybridized carbons (Fsp3) is 0.118. The van der Waals surface area contributed by atoms with Gasteiger partial charge in [0.05, 0.1) is 17.1 Å². The maximum absolute atomic E-state index is 9.49. The minimum absolute atomic E-state index is 0.394. The van der Waals surface area contributed by atoms with Gasteiger partial charge in [0, 0.05) is 10.7 Å². The number of rotatable bonds is 3. The summed E-state index contributed by atoms with van der Waals surface area (Å²) < 4.78 is 0. The largest absolute Gasteiger partial charge is 0.349 e. The molecule has 0 spiro atoms. The molecule has 1 heterocycles. The van der Waals surface area contributed by atoms with Crippen LogP contribution in [0.1, 0.15) is 17.3 Å². The second-order valence-electron chi connectivity index (χ2n) is 5.20. The van der Waals surface area contributed by atoms with Crippen LogP contribution in [0.15, 0.2) is 42.5 Å². The fourth-order valence-corrected chi connectivity index (χ4v) is 2.68. The van der Waals surface area contributed by atoms with E-state index in [-0.39, 0.29) is 0 Å². The van der Waals surface area contributed by atoms with Crippen molar-refractivity contribution in [3.63, 3.8) is 0 Å². The van der Waals surface area contributed by atoms with Crippen molar-refractivity contribution in [2.75, 3.05) is 5.32 Å². The molecule has 2 aromatic carbocycles. The van der Waals surface area contributed by atoms with Gasteiger partial charge in [0.2, 0.25) is 0 Å². The van der Waals surface area contributed by atoms with Crippen molar-refractivity contribution in [1.29, 1.82) is 5.26 Å². The van der Waals surface area contributed by atoms with Crippen molar-refractivity contribution < 1.29 is 0 Å². The number of aromatic nitrogens is 2. The minimum atomic E-state index is -0.645. The average molecular weight is 341 g/mol. The minimum Gasteiger partial charge on any atom is -0.349 e. The first kappa shape index (κ1) is 15.5. The summed E-state index contributed by atoms with van der Waals surface area (Å²) >= 11 is 11.2. The molecule has 23 heavy (non-hydrogen) atoms. The first-order chi connectivity index (χ1) is 11.1. The van der Waals surface area contributed by atoms with Crippen LogP contribution in [0.3, 0.4) is 0 Å². The van der Waals surface area contributed by atoms with Gasteiger partial charge in [-0.25, -0.2) is 4.98 Å². The zero-order valence-electron chi connectivity index (χ0n) is 12.3. The predicted molar refractivity (Wildman–Crippen MR) is 96.9 cm³/mol. The number of benzene rings is 2. The Morgan fingerprint density at radius 2 is 2.04 bits per heavy atom. The van der Waals surface area contributed by atoms with E-state index in [1.54, 1.807) is 12.1 Å². The molecule has 3 aromatic rings. The second-order valence-corrected chi connectivity index (χ2v) is 6.08. The second kappa shape index (κ2) is 6.37. The lowest BCUT2D eigenvalue weighted by molar-refractivity contribution is 1.02. The number of hydrogen-bond acceptors (Lipinski definition) is 3. The highest BCUT2D eigenvalue weighted by Crippen LogP contribution is 2.21. The summed E-state index contributed by atoms with van der Waals surface area (Å²) in [6.07, 6.45) is 0. The summed E-state index contributed by atoms with van der Waals surface area (Å²) in [4.78, 5) is 8.05. The van der Waals surface area contributed by atoms with Gasteiger partial charge in [0.15, 0.2) is 5.92 Å². The van der Waals surface area contributed by atoms with Crippen molar-refractivity contribution in [1.82, 2.24) is 9.97 Å². The molecule has 2 N–H and O–H groups in total. The predicted octanol–water partition coefficient (Wildman–Crippen LogP) is 4.57. The van der Waals surface area contributed by atoms with E-state index in [0.29, 0.717) is 15.8 Å². The number of H-pyrrole nitrogens is 1. The number of thiocarbonyl (C=S) groups is 1. The molecule has 1 atom stereocenters. The van der Waals surface area contributed by atoms with Crippen LogP contribution in [0.5, 0.6) is 0 Å². The number of halogens is 1. The smallest absolute Gasteiger partial charge is 0.154 e. The van der Waals surface area contributed by atoms with Gasteiger partial charge >= 0.3 is 0 Å². The Labute approximate surface area is 144 Å². The molecule has 0 aliphatic carbocycles. The quantitative estimate of drug-likeness (QED) is 0.685. The van der Waals surface area contributed by atoms with E-state index >= 15 is 0 Å². The van der Waals surface area contributed by atoms with Crippen LogP contribution in [0.4, 0.5) is 5.69 Å². The average Bonchev–Trinajstić information content (AvgIpc) is 2.93. The zero-order valence-corrected chi connectivity index (χ0v) is 13.9. The lowest BCUT2D eigenvalue weighted by Crippen LogP contribution is -2.18. The summed E-state index contributed by atoms with van der Waals surface area (Å²) in [6, 6.07) is 15.3. The molecule has 0 aliphatic rings. The number of nitrogens with one attached hydrogen (secondary N) is 2. The van der Waals surface area contributed by atoms with Crippen LogP contribution in [0, 0.1) is 18.3 Å². The van der Waals surface area contributed by atoms with E-state index in [0.717, 1.165) is 22.3 Å². The Morgan fingerprint density at radius 3 is 2.74 bits per heavy atom. The number of anilines is 1. The molecular formula is C17H13ClN4S. The molecule has 114 valence electrons. The first-order valence-electron chi connectivity index (χ1n) is 6.99. The van der Waals surface area contributed by atoms with Gasteiger partial charge in [0.1, 0.15) is 10.8 Å². The third-order valence-electron chi connectivity index (χ3n) is 3.43. The fourth-order valence-electron chi connectivity index (χ4n) is 2.27. The summed E-state index contributed by atoms with van der Waals surface area (Å²) in [6.45, 7) is 2.01. The number of fused-ring (bicyclic) bond motifs is 1. The molecule has 0 fully saturated rings. The van der Waals surface area contributed by atoms with E-state index < -0.39 is 5.92 Å². The van der Waals surface area contributed by atoms with Gasteiger partial charge < -0.3 is 10.3 Å². The van der Waals surface area contributed by atoms with E-state index in [2.05, 4.69) is 21.4 Å². The first-order valence-corrected chi connectivity index (χ1v) is 7.78. The Balaban J connectivity index is 1.87. The summed E-state index contributed by atoms with van der Waals surface area (Å²) in [7, 11) is 0. The lowest BCUT2D eigenvalue weighted by atomic mass is 10.1. The molecular weight excluding hydrogens is 328 g/mol. The number of aromatic amines is 1. The Bertz CT molecular complexity index is 908. The van der Waals surface area contributed by atoms with Gasteiger partial charge in [0.25, 0.3) is 0 Å². The number of aryl methyl sites for hydroxylation is 1. The molecule has 0 amide bonds. The van der Waals surface area contributed by atoms with Crippen molar-refractivity contribution >= 4 is 45.5 Å². The number of imidazole rings is 1. The normalized spacial score (nSPS) is 11.9. The van der Waals surface area contributed by atoms with E-state index in [1.807, 2.05) is 37.3 Å². The molecule has 6 heteroatoms. The van der Waals surface area contributed by atoms with Crippen LogP contribution in [0.25, 0.3) is 11.0 Å². The SMILES string of the molecule is Cc1ccc2nc(C(C#N)C(=S)Nc3ccc(Cl)cc3)[nH]c2c1. The van der Waals surface area contributed by atoms with Crippen molar-refractivity contribution in [2.45, 2.75) is 12.8 Å². The third kappa shape index (κ3) is 3.34. The monoisotopic (exact) mass is 340 g/mol. The highest BCUT2D eigenvalue weighted by Gasteiger charge is 2.20. The highest BCUT2D eigenvalue weighted by molar-refractivity contribution is 7.80. The molecule has 3 rings (SSSR count). The number of nitriles is 1. The van der Waals surface area contributed by atoms with Gasteiger partial charge in [-0.05, 0) is 48.9 Å². The zero-order chi connectivity index (χ0) is 16.4. The maximum atomic E-state index is 9.49. The Morgan fingerprint density at radius 1 is 1.30 bits per heavy atom. The molecule has 1 aromatic heterocycles. The van der Waals surface area contributed by atoms with Gasteiger partial charge in [-0.2, -0.15) is 5.26 Å². The molecule has 0 bridgehead atoms. The molecule has 0 aliphatic heterocycles. The summed E-state index contributed by atoms with van der Waals surface area (Å²) in [5, 5.41) is 13.2. The third-order valence-corrected chi connectivity index (χ3v) is 4.02. The lowest BCUT2D eigenvalue weighted by Gasteiger charge is -2.11. The van der Waals surface area contributed by atoms with Crippen LogP contribution in [-0.4, -0.2) is 15.0 Å². The van der Waals surface area contributed by atoms with E-state index in [4.69, 9.17) is 23.8 Å². The summed E-state index contributed by atoms with van der Waals surface area (Å²) in [5.74, 6) is -0.104. The summed E-state index contributed by atoms with van der Waals surface area (Å²) in [5.41, 5.74) is 3.63. The molecule has 0 radical (unpaired) electrons. The van der Waals surface area contributed by atoms with Gasteiger partial charge in [-0.3, -0.25) is 0 Å². The van der Waals surface area contributed by atoms with Crippen LogP contribution < -0.4 is 5.32 Å². The standard InChI is InChI=1S/C17H13ClN4S/c1-10-2-7-14-15(8-10)22-16(21-14)13(9-19)17(23)20-12-5-3-11(18)4-6-12/h2-8,13H,1H3,(H,20,23)(H,21,22). The van der Waals surface area contributed by atoms with Gasteiger partial charge in [-0.15, -0.1) is 0 Å². The molecule has 1 unspecified atom stereocenters. The van der Waals surface area contributed by atoms with Crippen LogP contribution >= 0.6 is 23.8 Å². The van der Waals surface area contributed by atoms with Crippen LogP contribution in [0.2, 0.25) is 5.02 Å². The highest BCUT2D eigenvalue weighted by atomic mass is 35.5. The molecule has 4 nitrogen and oxygen atoms in total. The Kier molecular flexibility index (Phi) is 4.28. The maximum Gasteiger partial charge on any atom is 0.154 e. The Hall–Kier alpha value is -2.42. The van der Waals surface area contributed by atoms with E-state index in [9.17, 15) is 5.26 Å². The van der Waals surface area contributed by atoms with Crippen LogP contribution in [-0.2, 0) is 0 Å². The van der Waals surface area contributed by atoms with Gasteiger partial charge in [-0.1, -0.05) is 29.9 Å². The topological polar surface area (TPSA) is 64.5 Å². The van der Waals surface area contributed by atoms with Crippen molar-refractivity contribution in [3.8, 4) is 6.07 Å². The van der Waals surface area contributed by atoms with E-state index in [1.165, 1.54) is 0 Å².